The van der Waals surface area contributed by atoms with Gasteiger partial charge in [0.2, 0.25) is 5.91 Å². The van der Waals surface area contributed by atoms with Gasteiger partial charge in [-0.1, -0.05) is 40.2 Å². The molecular formula is C19H18BrN3OS. The van der Waals surface area contributed by atoms with E-state index in [-0.39, 0.29) is 5.91 Å². The summed E-state index contributed by atoms with van der Waals surface area (Å²) in [6.07, 6.45) is 3.70. The first kappa shape index (κ1) is 17.8. The minimum atomic E-state index is 0.0295. The van der Waals surface area contributed by atoms with Crippen LogP contribution in [0, 0.1) is 0 Å². The molecule has 0 atom stereocenters. The predicted octanol–water partition coefficient (Wildman–Crippen LogP) is 4.10. The number of hydrogen-bond donors (Lipinski definition) is 1. The number of rotatable bonds is 7. The molecule has 4 nitrogen and oxygen atoms in total. The molecule has 0 radical (unpaired) electrons. The summed E-state index contributed by atoms with van der Waals surface area (Å²) < 4.78 is 2.92. The number of nitrogens with zero attached hydrogens (tertiary/aromatic N) is 2. The first-order chi connectivity index (χ1) is 12.2. The monoisotopic (exact) mass is 415 g/mol. The molecule has 1 aromatic heterocycles. The Hall–Kier alpha value is -2.05. The Balaban J connectivity index is 1.52. The molecule has 0 aliphatic carbocycles. The van der Waals surface area contributed by atoms with Crippen molar-refractivity contribution in [2.45, 2.75) is 18.0 Å². The highest BCUT2D eigenvalue weighted by Gasteiger charge is 2.06. The number of benzene rings is 2. The van der Waals surface area contributed by atoms with E-state index in [1.165, 1.54) is 11.8 Å². The molecule has 128 valence electrons. The van der Waals surface area contributed by atoms with E-state index < -0.39 is 0 Å². The molecule has 3 rings (SSSR count). The second-order valence-corrected chi connectivity index (χ2v) is 7.46. The van der Waals surface area contributed by atoms with Crippen LogP contribution in [-0.4, -0.2) is 21.4 Å². The van der Waals surface area contributed by atoms with Crippen molar-refractivity contribution in [3.05, 3.63) is 82.6 Å². The number of aromatic nitrogens is 2. The highest BCUT2D eigenvalue weighted by molar-refractivity contribution is 9.10. The molecule has 25 heavy (non-hydrogen) atoms. The van der Waals surface area contributed by atoms with Crippen molar-refractivity contribution in [2.24, 2.45) is 0 Å². The molecule has 0 aliphatic heterocycles. The number of carbonyl (C=O) groups excluding carboxylic acids is 1. The second-order valence-electron chi connectivity index (χ2n) is 5.49. The fraction of sp³-hybridized carbons (Fsp3) is 0.158. The Morgan fingerprint density at radius 1 is 1.08 bits per heavy atom. The Bertz CT molecular complexity index is 819. The molecule has 0 saturated heterocycles. The Kier molecular flexibility index (Phi) is 6.30. The summed E-state index contributed by atoms with van der Waals surface area (Å²) >= 11 is 4.94. The lowest BCUT2D eigenvalue weighted by Gasteiger charge is -2.11. The average Bonchev–Trinajstić information content (AvgIpc) is 3.13. The number of amides is 1. The fourth-order valence-corrected chi connectivity index (χ4v) is 3.37. The van der Waals surface area contributed by atoms with Gasteiger partial charge in [0.1, 0.15) is 0 Å². The highest BCUT2D eigenvalue weighted by atomic mass is 79.9. The van der Waals surface area contributed by atoms with E-state index in [0.29, 0.717) is 18.8 Å². The minimum absolute atomic E-state index is 0.0295. The van der Waals surface area contributed by atoms with E-state index in [1.54, 1.807) is 6.20 Å². The zero-order valence-electron chi connectivity index (χ0n) is 13.6. The molecule has 1 heterocycles. The molecule has 0 unspecified atom stereocenters. The summed E-state index contributed by atoms with van der Waals surface area (Å²) in [5.74, 6) is 0.435. The van der Waals surface area contributed by atoms with Crippen LogP contribution in [0.15, 0.2) is 76.4 Å². The summed E-state index contributed by atoms with van der Waals surface area (Å²) in [7, 11) is 0. The number of thioether (sulfide) groups is 1. The van der Waals surface area contributed by atoms with Crippen LogP contribution in [0.5, 0.6) is 0 Å². The standard InChI is InChI=1S/C19H18BrN3OS/c20-17-6-8-18(9-7-17)25-14-19(24)21-12-15-4-1-2-5-16(15)13-23-11-3-10-22-23/h1-11H,12-14H2,(H,21,24). The van der Waals surface area contributed by atoms with Crippen LogP contribution in [0.25, 0.3) is 0 Å². The van der Waals surface area contributed by atoms with E-state index >= 15 is 0 Å². The maximum atomic E-state index is 12.1. The van der Waals surface area contributed by atoms with Crippen LogP contribution in [0.4, 0.5) is 0 Å². The summed E-state index contributed by atoms with van der Waals surface area (Å²) in [6.45, 7) is 1.23. The van der Waals surface area contributed by atoms with Crippen LogP contribution in [0.1, 0.15) is 11.1 Å². The van der Waals surface area contributed by atoms with Gasteiger partial charge in [0, 0.05) is 28.3 Å². The highest BCUT2D eigenvalue weighted by Crippen LogP contribution is 2.20. The van der Waals surface area contributed by atoms with Crippen LogP contribution >= 0.6 is 27.7 Å². The van der Waals surface area contributed by atoms with Gasteiger partial charge in [0.05, 0.1) is 12.3 Å². The van der Waals surface area contributed by atoms with Crippen LogP contribution in [0.2, 0.25) is 0 Å². The maximum Gasteiger partial charge on any atom is 0.230 e. The molecule has 0 bridgehead atoms. The van der Waals surface area contributed by atoms with Crippen molar-refractivity contribution < 1.29 is 4.79 Å². The lowest BCUT2D eigenvalue weighted by molar-refractivity contribution is -0.118. The zero-order chi connectivity index (χ0) is 17.5. The molecule has 0 spiro atoms. The molecule has 0 fully saturated rings. The predicted molar refractivity (Wildman–Crippen MR) is 104 cm³/mol. The van der Waals surface area contributed by atoms with Crippen molar-refractivity contribution in [1.82, 2.24) is 15.1 Å². The third-order valence-electron chi connectivity index (χ3n) is 3.67. The third-order valence-corrected chi connectivity index (χ3v) is 5.21. The molecular weight excluding hydrogens is 398 g/mol. The fourth-order valence-electron chi connectivity index (χ4n) is 2.38. The molecule has 2 aromatic carbocycles. The van der Waals surface area contributed by atoms with E-state index in [0.717, 1.165) is 20.5 Å². The van der Waals surface area contributed by atoms with Crippen molar-refractivity contribution >= 4 is 33.6 Å². The Labute approximate surface area is 159 Å². The molecule has 3 aromatic rings. The molecule has 1 N–H and O–H groups in total. The largest absolute Gasteiger partial charge is 0.351 e. The summed E-state index contributed by atoms with van der Waals surface area (Å²) in [4.78, 5) is 13.2. The second kappa shape index (κ2) is 8.87. The van der Waals surface area contributed by atoms with E-state index in [2.05, 4.69) is 32.4 Å². The van der Waals surface area contributed by atoms with Crippen molar-refractivity contribution in [2.75, 3.05) is 5.75 Å². The quantitative estimate of drug-likeness (QED) is 0.590. The number of hydrogen-bond acceptors (Lipinski definition) is 3. The number of nitrogens with one attached hydrogen (secondary N) is 1. The summed E-state index contributed by atoms with van der Waals surface area (Å²) in [5.41, 5.74) is 2.27. The van der Waals surface area contributed by atoms with Gasteiger partial charge in [-0.3, -0.25) is 9.48 Å². The van der Waals surface area contributed by atoms with Crippen LogP contribution in [0.3, 0.4) is 0 Å². The summed E-state index contributed by atoms with van der Waals surface area (Å²) in [6, 6.07) is 18.0. The average molecular weight is 416 g/mol. The van der Waals surface area contributed by atoms with E-state index in [1.807, 2.05) is 59.4 Å². The van der Waals surface area contributed by atoms with Gasteiger partial charge < -0.3 is 5.32 Å². The van der Waals surface area contributed by atoms with Crippen LogP contribution < -0.4 is 5.32 Å². The van der Waals surface area contributed by atoms with Crippen molar-refractivity contribution in [1.29, 1.82) is 0 Å². The smallest absolute Gasteiger partial charge is 0.230 e. The van der Waals surface area contributed by atoms with Gasteiger partial charge in [-0.25, -0.2) is 0 Å². The van der Waals surface area contributed by atoms with Crippen molar-refractivity contribution in [3.8, 4) is 0 Å². The van der Waals surface area contributed by atoms with Gasteiger partial charge in [0.15, 0.2) is 0 Å². The zero-order valence-corrected chi connectivity index (χ0v) is 16.0. The molecule has 1 amide bonds. The topological polar surface area (TPSA) is 46.9 Å². The lowest BCUT2D eigenvalue weighted by Crippen LogP contribution is -2.25. The SMILES string of the molecule is O=C(CSc1ccc(Br)cc1)NCc1ccccc1Cn1cccn1. The Morgan fingerprint density at radius 3 is 2.56 bits per heavy atom. The number of carbonyl (C=O) groups is 1. The van der Waals surface area contributed by atoms with Gasteiger partial charge in [-0.2, -0.15) is 5.10 Å². The van der Waals surface area contributed by atoms with Gasteiger partial charge in [0.25, 0.3) is 0 Å². The first-order valence-electron chi connectivity index (χ1n) is 7.90. The van der Waals surface area contributed by atoms with Gasteiger partial charge in [-0.05, 0) is 41.5 Å². The Morgan fingerprint density at radius 2 is 1.84 bits per heavy atom. The van der Waals surface area contributed by atoms with E-state index in [9.17, 15) is 4.79 Å². The molecule has 0 saturated carbocycles. The number of halogens is 1. The molecule has 6 heteroatoms. The lowest BCUT2D eigenvalue weighted by atomic mass is 10.1. The van der Waals surface area contributed by atoms with Crippen molar-refractivity contribution in [3.63, 3.8) is 0 Å². The maximum absolute atomic E-state index is 12.1. The summed E-state index contributed by atoms with van der Waals surface area (Å²) in [5, 5.41) is 7.24. The van der Waals surface area contributed by atoms with E-state index in [4.69, 9.17) is 0 Å². The molecule has 0 aliphatic rings. The van der Waals surface area contributed by atoms with Crippen LogP contribution in [-0.2, 0) is 17.9 Å². The first-order valence-corrected chi connectivity index (χ1v) is 9.68. The van der Waals surface area contributed by atoms with Gasteiger partial charge >= 0.3 is 0 Å². The van der Waals surface area contributed by atoms with Gasteiger partial charge in [-0.15, -0.1) is 11.8 Å². The third kappa shape index (κ3) is 5.47. The normalized spacial score (nSPS) is 10.6. The minimum Gasteiger partial charge on any atom is -0.351 e.